The number of amidine groups is 1. The molecule has 4 rings (SSSR count). The van der Waals surface area contributed by atoms with Crippen molar-refractivity contribution in [3.8, 4) is 11.5 Å². The number of hydrogen-bond donors (Lipinski definition) is 1. The molecule has 0 spiro atoms. The van der Waals surface area contributed by atoms with Crippen molar-refractivity contribution in [3.05, 3.63) is 92.8 Å². The molecule has 1 fully saturated rings. The quantitative estimate of drug-likeness (QED) is 0.219. The van der Waals surface area contributed by atoms with E-state index in [0.29, 0.717) is 37.3 Å². The molecule has 0 radical (unpaired) electrons. The maximum Gasteiger partial charge on any atom is 0.344 e. The van der Waals surface area contributed by atoms with Gasteiger partial charge in [0.1, 0.15) is 0 Å². The molecule has 9 nitrogen and oxygen atoms in total. The Bertz CT molecular complexity index is 1470. The first-order valence-electron chi connectivity index (χ1n) is 12.1. The summed E-state index contributed by atoms with van der Waals surface area (Å²) in [5.41, 5.74) is 2.27. The second-order valence-electron chi connectivity index (χ2n) is 8.35. The van der Waals surface area contributed by atoms with Crippen LogP contribution < -0.4 is 9.47 Å². The summed E-state index contributed by atoms with van der Waals surface area (Å²) in [6.45, 7) is 1.90. The van der Waals surface area contributed by atoms with Crippen molar-refractivity contribution >= 4 is 62.5 Å². The maximum atomic E-state index is 13.6. The summed E-state index contributed by atoms with van der Waals surface area (Å²) < 4.78 is 16.6. The van der Waals surface area contributed by atoms with Gasteiger partial charge in [-0.05, 0) is 72.3 Å². The van der Waals surface area contributed by atoms with E-state index in [0.717, 1.165) is 5.56 Å². The Morgan fingerprint density at radius 2 is 1.80 bits per heavy atom. The van der Waals surface area contributed by atoms with E-state index in [1.165, 1.54) is 31.0 Å². The van der Waals surface area contributed by atoms with Crippen LogP contribution in [0.5, 0.6) is 11.5 Å². The predicted molar refractivity (Wildman–Crippen MR) is 156 cm³/mol. The number of hydrogen-bond acceptors (Lipinski definition) is 8. The summed E-state index contributed by atoms with van der Waals surface area (Å²) in [7, 11) is 1.48. The Morgan fingerprint density at radius 1 is 1.07 bits per heavy atom. The van der Waals surface area contributed by atoms with Gasteiger partial charge >= 0.3 is 11.9 Å². The summed E-state index contributed by atoms with van der Waals surface area (Å²) in [6.07, 6.45) is 1.72. The van der Waals surface area contributed by atoms with E-state index in [1.54, 1.807) is 42.2 Å². The average molecular weight is 625 g/mol. The normalized spacial score (nSPS) is 15.0. The van der Waals surface area contributed by atoms with Crippen LogP contribution in [0.1, 0.15) is 28.4 Å². The first-order chi connectivity index (χ1) is 19.3. The Labute approximate surface area is 243 Å². The lowest BCUT2D eigenvalue weighted by Gasteiger charge is -2.16. The van der Waals surface area contributed by atoms with E-state index in [1.807, 2.05) is 30.3 Å². The number of ether oxygens (including phenoxy) is 3. The summed E-state index contributed by atoms with van der Waals surface area (Å²) in [4.78, 5) is 43.2. The zero-order valence-corrected chi connectivity index (χ0v) is 24.0. The van der Waals surface area contributed by atoms with Gasteiger partial charge in [0, 0.05) is 4.47 Å². The first-order valence-corrected chi connectivity index (χ1v) is 13.7. The molecule has 1 aliphatic heterocycles. The molecule has 1 amide bonds. The van der Waals surface area contributed by atoms with Crippen molar-refractivity contribution in [2.24, 2.45) is 4.99 Å². The number of carbonyl (C=O) groups excluding carboxylic acids is 2. The van der Waals surface area contributed by atoms with Crippen molar-refractivity contribution in [1.29, 1.82) is 0 Å². The minimum atomic E-state index is -1.02. The van der Waals surface area contributed by atoms with Gasteiger partial charge in [0.2, 0.25) is 0 Å². The van der Waals surface area contributed by atoms with E-state index in [2.05, 4.69) is 15.9 Å². The van der Waals surface area contributed by atoms with Crippen molar-refractivity contribution in [3.63, 3.8) is 0 Å². The number of carboxylic acids is 1. The number of benzene rings is 3. The van der Waals surface area contributed by atoms with Crippen LogP contribution in [0.25, 0.3) is 6.08 Å². The van der Waals surface area contributed by atoms with Crippen LogP contribution in [-0.2, 0) is 20.9 Å². The number of carbonyl (C=O) groups is 3. The molecule has 40 heavy (non-hydrogen) atoms. The van der Waals surface area contributed by atoms with Gasteiger partial charge in [-0.15, -0.1) is 0 Å². The highest BCUT2D eigenvalue weighted by Gasteiger charge is 2.34. The highest BCUT2D eigenvalue weighted by Crippen LogP contribution is 2.39. The van der Waals surface area contributed by atoms with Gasteiger partial charge in [-0.25, -0.2) is 14.6 Å². The van der Waals surface area contributed by atoms with Crippen LogP contribution in [-0.4, -0.2) is 53.3 Å². The molecule has 0 aliphatic carbocycles. The molecule has 0 aromatic heterocycles. The number of aromatic carboxylic acids is 1. The van der Waals surface area contributed by atoms with Crippen LogP contribution in [0, 0.1) is 0 Å². The van der Waals surface area contributed by atoms with Crippen LogP contribution in [0.4, 0.5) is 5.69 Å². The molecule has 0 saturated carbocycles. The highest BCUT2D eigenvalue weighted by molar-refractivity contribution is 9.10. The molecule has 1 N–H and O–H groups in total. The molecule has 0 atom stereocenters. The van der Waals surface area contributed by atoms with Crippen molar-refractivity contribution < 1.29 is 33.7 Å². The number of methoxy groups -OCH3 is 1. The molecule has 3 aromatic rings. The monoisotopic (exact) mass is 624 g/mol. The standard InChI is InChI=1S/C29H25BrN2O7S/c1-3-38-26(33)17-39-24-15-22(30)20(13-23(24)37-2)14-25-27(34)32(16-18-9-11-19(12-10-18)28(35)36)29(40-25)31-21-7-5-4-6-8-21/h4-15H,3,16-17H2,1-2H3,(H,35,36)/b25-14-,31-29?. The number of thioether (sulfide) groups is 1. The second-order valence-corrected chi connectivity index (χ2v) is 10.2. The summed E-state index contributed by atoms with van der Waals surface area (Å²) in [6, 6.07) is 19.0. The molecule has 0 unspecified atom stereocenters. The molecular formula is C29H25BrN2O7S. The third kappa shape index (κ3) is 7.10. The van der Waals surface area contributed by atoms with Crippen molar-refractivity contribution in [1.82, 2.24) is 4.90 Å². The molecular weight excluding hydrogens is 600 g/mol. The van der Waals surface area contributed by atoms with Crippen LogP contribution in [0.3, 0.4) is 0 Å². The lowest BCUT2D eigenvalue weighted by atomic mass is 10.1. The van der Waals surface area contributed by atoms with Gasteiger partial charge in [-0.3, -0.25) is 9.69 Å². The Morgan fingerprint density at radius 3 is 2.45 bits per heavy atom. The highest BCUT2D eigenvalue weighted by atomic mass is 79.9. The fourth-order valence-electron chi connectivity index (χ4n) is 3.69. The third-order valence-corrected chi connectivity index (χ3v) is 7.32. The number of nitrogens with zero attached hydrogens (tertiary/aromatic N) is 2. The molecule has 1 aliphatic rings. The Kier molecular flexibility index (Phi) is 9.62. The number of para-hydroxylation sites is 1. The van der Waals surface area contributed by atoms with Gasteiger partial charge in [-0.1, -0.05) is 46.3 Å². The van der Waals surface area contributed by atoms with Crippen molar-refractivity contribution in [2.45, 2.75) is 13.5 Å². The molecule has 1 saturated heterocycles. The zero-order chi connectivity index (χ0) is 28.6. The summed E-state index contributed by atoms with van der Waals surface area (Å²) >= 11 is 4.75. The SMILES string of the molecule is CCOC(=O)COc1cc(Br)c(/C=C2\SC(=Nc3ccccc3)N(Cc3ccc(C(=O)O)cc3)C2=O)cc1OC. The summed E-state index contributed by atoms with van der Waals surface area (Å²) in [5, 5.41) is 9.69. The third-order valence-electron chi connectivity index (χ3n) is 5.63. The van der Waals surface area contributed by atoms with E-state index in [4.69, 9.17) is 19.2 Å². The van der Waals surface area contributed by atoms with Gasteiger partial charge in [0.05, 0.1) is 36.4 Å². The van der Waals surface area contributed by atoms with Gasteiger partial charge in [0.15, 0.2) is 23.3 Å². The molecule has 0 bridgehead atoms. The van der Waals surface area contributed by atoms with Gasteiger partial charge < -0.3 is 19.3 Å². The smallest absolute Gasteiger partial charge is 0.344 e. The molecule has 206 valence electrons. The maximum absolute atomic E-state index is 13.6. The Balaban J connectivity index is 1.65. The number of halogens is 1. The lowest BCUT2D eigenvalue weighted by Crippen LogP contribution is -2.28. The minimum Gasteiger partial charge on any atom is -0.493 e. The second kappa shape index (κ2) is 13.3. The van der Waals surface area contributed by atoms with Crippen LogP contribution >= 0.6 is 27.7 Å². The first kappa shape index (κ1) is 28.9. The number of aliphatic imine (C=N–C) groups is 1. The minimum absolute atomic E-state index is 0.165. The zero-order valence-electron chi connectivity index (χ0n) is 21.6. The fourth-order valence-corrected chi connectivity index (χ4v) is 5.12. The topological polar surface area (TPSA) is 115 Å². The number of rotatable bonds is 10. The Hall–Kier alpha value is -4.09. The van der Waals surface area contributed by atoms with E-state index < -0.39 is 11.9 Å². The predicted octanol–water partition coefficient (Wildman–Crippen LogP) is 5.90. The fraction of sp³-hybridized carbons (Fsp3) is 0.172. The molecule has 11 heteroatoms. The van der Waals surface area contributed by atoms with Gasteiger partial charge in [-0.2, -0.15) is 0 Å². The van der Waals surface area contributed by atoms with E-state index in [-0.39, 0.29) is 31.2 Å². The van der Waals surface area contributed by atoms with Gasteiger partial charge in [0.25, 0.3) is 5.91 Å². The molecule has 1 heterocycles. The van der Waals surface area contributed by atoms with Crippen LogP contribution in [0.2, 0.25) is 0 Å². The largest absolute Gasteiger partial charge is 0.493 e. The number of esters is 1. The summed E-state index contributed by atoms with van der Waals surface area (Å²) in [5.74, 6) is -1.05. The average Bonchev–Trinajstić information content (AvgIpc) is 3.22. The molecule has 3 aromatic carbocycles. The lowest BCUT2D eigenvalue weighted by molar-refractivity contribution is -0.145. The van der Waals surface area contributed by atoms with Crippen LogP contribution in [0.15, 0.2) is 81.1 Å². The number of carboxylic acid groups (broad SMARTS) is 1. The van der Waals surface area contributed by atoms with E-state index in [9.17, 15) is 19.5 Å². The van der Waals surface area contributed by atoms with Crippen molar-refractivity contribution in [2.75, 3.05) is 20.3 Å². The van der Waals surface area contributed by atoms with E-state index >= 15 is 0 Å². The number of amides is 1.